The van der Waals surface area contributed by atoms with Gasteiger partial charge in [0.15, 0.2) is 0 Å². The summed E-state index contributed by atoms with van der Waals surface area (Å²) < 4.78 is 16.5. The Balaban J connectivity index is 1.88. The standard InChI is InChI=1S/C20H27NO4/c1-20(2,3)25-19(22)21-14-6-7-15(21)11-13(10-14)17-12-16(23-4)8-9-18(17)24-5/h8-10,12,14-15H,6-7,11H2,1-5H3. The summed E-state index contributed by atoms with van der Waals surface area (Å²) in [6.45, 7) is 5.71. The zero-order valence-corrected chi connectivity index (χ0v) is 15.7. The van der Waals surface area contributed by atoms with Gasteiger partial charge >= 0.3 is 6.09 Å². The van der Waals surface area contributed by atoms with Crippen LogP contribution in [0.15, 0.2) is 24.3 Å². The topological polar surface area (TPSA) is 48.0 Å². The summed E-state index contributed by atoms with van der Waals surface area (Å²) in [6, 6.07) is 6.09. The second-order valence-electron chi connectivity index (χ2n) is 7.65. The Hall–Kier alpha value is -2.17. The Bertz CT molecular complexity index is 689. The molecule has 0 spiro atoms. The van der Waals surface area contributed by atoms with Crippen molar-refractivity contribution in [3.8, 4) is 11.5 Å². The van der Waals surface area contributed by atoms with Crippen LogP contribution in [0.4, 0.5) is 4.79 Å². The van der Waals surface area contributed by atoms with Crippen LogP contribution in [0.2, 0.25) is 0 Å². The third kappa shape index (κ3) is 3.60. The molecule has 136 valence electrons. The zero-order chi connectivity index (χ0) is 18.2. The van der Waals surface area contributed by atoms with E-state index < -0.39 is 5.60 Å². The summed E-state index contributed by atoms with van der Waals surface area (Å²) in [5.41, 5.74) is 1.78. The molecule has 2 aliphatic heterocycles. The van der Waals surface area contributed by atoms with Crippen molar-refractivity contribution in [1.29, 1.82) is 0 Å². The third-order valence-electron chi connectivity index (χ3n) is 4.75. The van der Waals surface area contributed by atoms with Gasteiger partial charge in [-0.05, 0) is 63.8 Å². The van der Waals surface area contributed by atoms with Gasteiger partial charge in [0.25, 0.3) is 0 Å². The minimum atomic E-state index is -0.476. The number of methoxy groups -OCH3 is 2. The van der Waals surface area contributed by atoms with Crippen LogP contribution in [-0.4, -0.2) is 42.9 Å². The van der Waals surface area contributed by atoms with Crippen LogP contribution in [0.5, 0.6) is 11.5 Å². The van der Waals surface area contributed by atoms with Crippen molar-refractivity contribution < 1.29 is 19.0 Å². The number of rotatable bonds is 3. The average molecular weight is 345 g/mol. The van der Waals surface area contributed by atoms with Crippen molar-refractivity contribution in [3.63, 3.8) is 0 Å². The van der Waals surface area contributed by atoms with Crippen molar-refractivity contribution in [1.82, 2.24) is 4.90 Å². The van der Waals surface area contributed by atoms with Gasteiger partial charge in [0.05, 0.1) is 20.3 Å². The molecule has 25 heavy (non-hydrogen) atoms. The molecule has 1 saturated heterocycles. The summed E-state index contributed by atoms with van der Waals surface area (Å²) in [6.07, 6.45) is 4.74. The van der Waals surface area contributed by atoms with Gasteiger partial charge in [-0.15, -0.1) is 0 Å². The van der Waals surface area contributed by atoms with Gasteiger partial charge in [0.1, 0.15) is 17.1 Å². The van der Waals surface area contributed by atoms with E-state index in [1.807, 2.05) is 43.9 Å². The van der Waals surface area contributed by atoms with Crippen LogP contribution in [0, 0.1) is 0 Å². The molecule has 2 bridgehead atoms. The number of nitrogens with zero attached hydrogens (tertiary/aromatic N) is 1. The SMILES string of the molecule is COc1ccc(OC)c(C2=CC3CCC(C2)N3C(=O)OC(C)(C)C)c1. The number of carbonyl (C=O) groups excluding carboxylic acids is 1. The van der Waals surface area contributed by atoms with Crippen molar-refractivity contribution >= 4 is 11.7 Å². The largest absolute Gasteiger partial charge is 0.497 e. The summed E-state index contributed by atoms with van der Waals surface area (Å²) in [7, 11) is 3.34. The van der Waals surface area contributed by atoms with E-state index in [1.54, 1.807) is 14.2 Å². The fourth-order valence-electron chi connectivity index (χ4n) is 3.69. The second kappa shape index (κ2) is 6.62. The molecule has 0 radical (unpaired) electrons. The third-order valence-corrected chi connectivity index (χ3v) is 4.75. The Labute approximate surface area is 149 Å². The molecule has 0 N–H and O–H groups in total. The molecule has 2 aliphatic rings. The van der Waals surface area contributed by atoms with Crippen molar-refractivity contribution in [2.24, 2.45) is 0 Å². The number of fused-ring (bicyclic) bond motifs is 2. The van der Waals surface area contributed by atoms with Gasteiger partial charge in [-0.25, -0.2) is 4.79 Å². The van der Waals surface area contributed by atoms with Gasteiger partial charge in [-0.3, -0.25) is 4.90 Å². The Kier molecular flexibility index (Phi) is 4.67. The number of carbonyl (C=O) groups is 1. The predicted molar refractivity (Wildman–Crippen MR) is 97.0 cm³/mol. The van der Waals surface area contributed by atoms with E-state index in [4.69, 9.17) is 14.2 Å². The maximum absolute atomic E-state index is 12.6. The van der Waals surface area contributed by atoms with E-state index in [1.165, 1.54) is 5.57 Å². The molecule has 0 saturated carbocycles. The molecule has 3 rings (SSSR count). The first-order valence-electron chi connectivity index (χ1n) is 8.77. The Morgan fingerprint density at radius 3 is 2.52 bits per heavy atom. The van der Waals surface area contributed by atoms with E-state index in [0.717, 1.165) is 36.3 Å². The van der Waals surface area contributed by atoms with E-state index in [0.29, 0.717) is 0 Å². The van der Waals surface area contributed by atoms with Gasteiger partial charge < -0.3 is 14.2 Å². The molecular formula is C20H27NO4. The highest BCUT2D eigenvalue weighted by atomic mass is 16.6. The fourth-order valence-corrected chi connectivity index (χ4v) is 3.69. The quantitative estimate of drug-likeness (QED) is 0.821. The van der Waals surface area contributed by atoms with Gasteiger partial charge in [-0.2, -0.15) is 0 Å². The van der Waals surface area contributed by atoms with Gasteiger partial charge in [-0.1, -0.05) is 6.08 Å². The van der Waals surface area contributed by atoms with Crippen molar-refractivity contribution in [2.45, 2.75) is 57.7 Å². The van der Waals surface area contributed by atoms with Crippen LogP contribution < -0.4 is 9.47 Å². The number of hydrogen-bond acceptors (Lipinski definition) is 4. The lowest BCUT2D eigenvalue weighted by Crippen LogP contribution is -2.45. The number of ether oxygens (including phenoxy) is 3. The predicted octanol–water partition coefficient (Wildman–Crippen LogP) is 4.26. The maximum atomic E-state index is 12.6. The minimum Gasteiger partial charge on any atom is -0.497 e. The smallest absolute Gasteiger partial charge is 0.411 e. The number of benzene rings is 1. The van der Waals surface area contributed by atoms with E-state index in [9.17, 15) is 4.79 Å². The first-order chi connectivity index (χ1) is 11.8. The Morgan fingerprint density at radius 2 is 1.92 bits per heavy atom. The first-order valence-corrected chi connectivity index (χ1v) is 8.77. The summed E-state index contributed by atoms with van der Waals surface area (Å²) in [4.78, 5) is 14.5. The van der Waals surface area contributed by atoms with Crippen LogP contribution in [0.25, 0.3) is 5.57 Å². The van der Waals surface area contributed by atoms with Crippen LogP contribution >= 0.6 is 0 Å². The lowest BCUT2D eigenvalue weighted by molar-refractivity contribution is 0.0175. The lowest BCUT2D eigenvalue weighted by Gasteiger charge is -2.35. The molecule has 2 unspecified atom stereocenters. The molecule has 1 aromatic carbocycles. The highest BCUT2D eigenvalue weighted by Crippen LogP contribution is 2.42. The van der Waals surface area contributed by atoms with Crippen LogP contribution in [0.3, 0.4) is 0 Å². The zero-order valence-electron chi connectivity index (χ0n) is 15.7. The minimum absolute atomic E-state index is 0.0829. The van der Waals surface area contributed by atoms with E-state index >= 15 is 0 Å². The van der Waals surface area contributed by atoms with E-state index in [-0.39, 0.29) is 18.2 Å². The molecule has 5 nitrogen and oxygen atoms in total. The summed E-state index contributed by atoms with van der Waals surface area (Å²) >= 11 is 0. The van der Waals surface area contributed by atoms with Crippen molar-refractivity contribution in [3.05, 3.63) is 29.8 Å². The highest BCUT2D eigenvalue weighted by Gasteiger charge is 2.42. The Morgan fingerprint density at radius 1 is 1.16 bits per heavy atom. The van der Waals surface area contributed by atoms with Crippen LogP contribution in [-0.2, 0) is 4.74 Å². The molecule has 1 amide bonds. The molecule has 0 aliphatic carbocycles. The summed E-state index contributed by atoms with van der Waals surface area (Å²) in [5, 5.41) is 0. The molecule has 1 fully saturated rings. The van der Waals surface area contributed by atoms with Crippen LogP contribution in [0.1, 0.15) is 45.6 Å². The molecule has 5 heteroatoms. The lowest BCUT2D eigenvalue weighted by atomic mass is 9.94. The fraction of sp³-hybridized carbons (Fsp3) is 0.550. The molecule has 2 heterocycles. The van der Waals surface area contributed by atoms with Gasteiger partial charge in [0.2, 0.25) is 0 Å². The van der Waals surface area contributed by atoms with Gasteiger partial charge in [0, 0.05) is 11.6 Å². The maximum Gasteiger partial charge on any atom is 0.411 e. The molecule has 1 aromatic rings. The number of hydrogen-bond donors (Lipinski definition) is 0. The molecular weight excluding hydrogens is 318 g/mol. The summed E-state index contributed by atoms with van der Waals surface area (Å²) in [5.74, 6) is 1.63. The average Bonchev–Trinajstić information content (AvgIpc) is 2.83. The van der Waals surface area contributed by atoms with Crippen molar-refractivity contribution in [2.75, 3.05) is 14.2 Å². The number of amides is 1. The molecule has 2 atom stereocenters. The highest BCUT2D eigenvalue weighted by molar-refractivity contribution is 5.77. The van der Waals surface area contributed by atoms with E-state index in [2.05, 4.69) is 6.08 Å². The second-order valence-corrected chi connectivity index (χ2v) is 7.65. The monoisotopic (exact) mass is 345 g/mol. The first kappa shape index (κ1) is 17.6. The normalized spacial score (nSPS) is 22.4. The molecule has 0 aromatic heterocycles.